The molecule has 6 heteroatoms. The lowest BCUT2D eigenvalue weighted by Crippen LogP contribution is -2.30. The molecular formula is C14H10N2O3S. The number of carbonyl (C=O) groups is 1. The van der Waals surface area contributed by atoms with E-state index in [1.807, 2.05) is 30.3 Å². The summed E-state index contributed by atoms with van der Waals surface area (Å²) in [7, 11) is 0. The van der Waals surface area contributed by atoms with Gasteiger partial charge in [-0.3, -0.25) is 14.9 Å². The topological polar surface area (TPSA) is 72.2 Å². The second-order valence-corrected chi connectivity index (χ2v) is 5.47. The average molecular weight is 286 g/mol. The Morgan fingerprint density at radius 1 is 1.15 bits per heavy atom. The Balaban J connectivity index is 1.96. The van der Waals surface area contributed by atoms with Crippen molar-refractivity contribution in [3.05, 3.63) is 69.8 Å². The maximum absolute atomic E-state index is 12.1. The molecule has 1 aliphatic rings. The number of nitrogens with one attached hydrogen (secondary N) is 1. The lowest BCUT2D eigenvalue weighted by Gasteiger charge is -2.25. The molecule has 0 saturated carbocycles. The van der Waals surface area contributed by atoms with E-state index in [9.17, 15) is 14.9 Å². The number of fused-ring (bicyclic) bond motifs is 1. The molecule has 1 aliphatic heterocycles. The minimum atomic E-state index is -0.499. The second-order valence-electron chi connectivity index (χ2n) is 4.32. The Hall–Kier alpha value is -2.34. The van der Waals surface area contributed by atoms with Gasteiger partial charge in [-0.05, 0) is 11.6 Å². The molecule has 0 aromatic heterocycles. The Morgan fingerprint density at radius 3 is 2.60 bits per heavy atom. The lowest BCUT2D eigenvalue weighted by atomic mass is 10.1. The smallest absolute Gasteiger partial charge is 0.270 e. The van der Waals surface area contributed by atoms with Gasteiger partial charge in [0.1, 0.15) is 5.37 Å². The molecule has 0 saturated heterocycles. The first-order chi connectivity index (χ1) is 9.65. The highest BCUT2D eigenvalue weighted by molar-refractivity contribution is 7.99. The molecule has 1 N–H and O–H groups in total. The predicted octanol–water partition coefficient (Wildman–Crippen LogP) is 3.13. The second kappa shape index (κ2) is 4.97. The maximum Gasteiger partial charge on any atom is 0.270 e. The van der Waals surface area contributed by atoms with Crippen molar-refractivity contribution in [3.63, 3.8) is 0 Å². The van der Waals surface area contributed by atoms with Crippen LogP contribution in [0.3, 0.4) is 0 Å². The molecule has 0 aliphatic carbocycles. The molecule has 3 rings (SSSR count). The molecule has 0 spiro atoms. The van der Waals surface area contributed by atoms with Crippen molar-refractivity contribution >= 4 is 23.4 Å². The molecule has 1 heterocycles. The van der Waals surface area contributed by atoms with Crippen LogP contribution in [0.5, 0.6) is 0 Å². The van der Waals surface area contributed by atoms with Gasteiger partial charge in [-0.25, -0.2) is 0 Å². The zero-order valence-electron chi connectivity index (χ0n) is 10.3. The van der Waals surface area contributed by atoms with Gasteiger partial charge in [0.2, 0.25) is 0 Å². The molecule has 100 valence electrons. The van der Waals surface area contributed by atoms with E-state index in [0.29, 0.717) is 5.56 Å². The molecule has 0 radical (unpaired) electrons. The van der Waals surface area contributed by atoms with E-state index >= 15 is 0 Å². The summed E-state index contributed by atoms with van der Waals surface area (Å²) < 4.78 is 0. The van der Waals surface area contributed by atoms with Crippen molar-refractivity contribution in [1.82, 2.24) is 5.32 Å². The maximum atomic E-state index is 12.1. The summed E-state index contributed by atoms with van der Waals surface area (Å²) in [5, 5.41) is 13.4. The van der Waals surface area contributed by atoms with Crippen LogP contribution < -0.4 is 5.32 Å². The minimum absolute atomic E-state index is 0.0716. The van der Waals surface area contributed by atoms with E-state index < -0.39 is 4.92 Å². The average Bonchev–Trinajstić information content (AvgIpc) is 2.47. The third-order valence-electron chi connectivity index (χ3n) is 3.03. The number of nitro benzene ring substituents is 1. The number of nitro groups is 1. The fourth-order valence-electron chi connectivity index (χ4n) is 2.04. The highest BCUT2D eigenvalue weighted by Gasteiger charge is 2.27. The quantitative estimate of drug-likeness (QED) is 0.680. The largest absolute Gasteiger partial charge is 0.336 e. The first kappa shape index (κ1) is 12.7. The Bertz CT molecular complexity index is 688. The fraction of sp³-hybridized carbons (Fsp3) is 0.0714. The number of hydrogen-bond acceptors (Lipinski definition) is 4. The van der Waals surface area contributed by atoms with Gasteiger partial charge in [0, 0.05) is 17.0 Å². The fourth-order valence-corrected chi connectivity index (χ4v) is 3.18. The number of hydrogen-bond donors (Lipinski definition) is 1. The summed E-state index contributed by atoms with van der Waals surface area (Å²) >= 11 is 1.48. The van der Waals surface area contributed by atoms with Crippen LogP contribution in [-0.4, -0.2) is 10.8 Å². The molecule has 0 fully saturated rings. The molecular weight excluding hydrogens is 276 g/mol. The van der Waals surface area contributed by atoms with Gasteiger partial charge < -0.3 is 5.32 Å². The summed E-state index contributed by atoms with van der Waals surface area (Å²) in [5.41, 5.74) is 1.28. The number of thioether (sulfide) groups is 1. The number of nitrogens with zero attached hydrogens (tertiary/aromatic N) is 1. The molecule has 20 heavy (non-hydrogen) atoms. The van der Waals surface area contributed by atoms with Crippen molar-refractivity contribution in [2.45, 2.75) is 10.3 Å². The zero-order valence-corrected chi connectivity index (χ0v) is 11.1. The molecule has 5 nitrogen and oxygen atoms in total. The molecule has 2 aromatic carbocycles. The predicted molar refractivity (Wildman–Crippen MR) is 75.6 cm³/mol. The van der Waals surface area contributed by atoms with Gasteiger partial charge in [-0.15, -0.1) is 0 Å². The monoisotopic (exact) mass is 286 g/mol. The molecule has 2 aromatic rings. The van der Waals surface area contributed by atoms with Crippen LogP contribution in [-0.2, 0) is 0 Å². The third kappa shape index (κ3) is 2.25. The SMILES string of the molecule is O=C1NC(c2ccccc2)Sc2ccc([N+](=O)[O-])cc21. The van der Waals surface area contributed by atoms with Gasteiger partial charge in [0.25, 0.3) is 11.6 Å². The Kier molecular flexibility index (Phi) is 3.15. The first-order valence-electron chi connectivity index (χ1n) is 5.96. The van der Waals surface area contributed by atoms with Crippen LogP contribution in [0, 0.1) is 10.1 Å². The number of amides is 1. The van der Waals surface area contributed by atoms with Crippen molar-refractivity contribution < 1.29 is 9.72 Å². The number of non-ortho nitro benzene ring substituents is 1. The Labute approximate surface area is 119 Å². The minimum Gasteiger partial charge on any atom is -0.336 e. The summed E-state index contributed by atoms with van der Waals surface area (Å²) in [6.45, 7) is 0. The zero-order chi connectivity index (χ0) is 14.1. The van der Waals surface area contributed by atoms with E-state index in [1.165, 1.54) is 23.9 Å². The number of carbonyl (C=O) groups excluding carboxylic acids is 1. The van der Waals surface area contributed by atoms with Gasteiger partial charge in [-0.1, -0.05) is 42.1 Å². The lowest BCUT2D eigenvalue weighted by molar-refractivity contribution is -0.384. The van der Waals surface area contributed by atoms with Gasteiger partial charge in [-0.2, -0.15) is 0 Å². The molecule has 1 unspecified atom stereocenters. The van der Waals surface area contributed by atoms with Crippen LogP contribution in [0.15, 0.2) is 53.4 Å². The van der Waals surface area contributed by atoms with E-state index in [4.69, 9.17) is 0 Å². The van der Waals surface area contributed by atoms with Crippen molar-refractivity contribution in [3.8, 4) is 0 Å². The third-order valence-corrected chi connectivity index (χ3v) is 4.26. The normalized spacial score (nSPS) is 17.2. The highest BCUT2D eigenvalue weighted by Crippen LogP contribution is 2.39. The molecule has 0 bridgehead atoms. The van der Waals surface area contributed by atoms with Crippen LogP contribution in [0.1, 0.15) is 21.3 Å². The van der Waals surface area contributed by atoms with Crippen molar-refractivity contribution in [2.24, 2.45) is 0 Å². The van der Waals surface area contributed by atoms with Crippen LogP contribution in [0.25, 0.3) is 0 Å². The van der Waals surface area contributed by atoms with Gasteiger partial charge in [0.15, 0.2) is 0 Å². The first-order valence-corrected chi connectivity index (χ1v) is 6.84. The van der Waals surface area contributed by atoms with Crippen LogP contribution >= 0.6 is 11.8 Å². The van der Waals surface area contributed by atoms with Crippen LogP contribution in [0.4, 0.5) is 5.69 Å². The highest BCUT2D eigenvalue weighted by atomic mass is 32.2. The summed E-state index contributed by atoms with van der Waals surface area (Å²) in [5.74, 6) is -0.281. The van der Waals surface area contributed by atoms with Gasteiger partial charge in [0.05, 0.1) is 10.5 Å². The Morgan fingerprint density at radius 2 is 1.90 bits per heavy atom. The number of benzene rings is 2. The molecule has 1 amide bonds. The summed E-state index contributed by atoms with van der Waals surface area (Å²) in [6.07, 6.45) is 0. The van der Waals surface area contributed by atoms with Crippen LogP contribution in [0.2, 0.25) is 0 Å². The summed E-state index contributed by atoms with van der Waals surface area (Å²) in [4.78, 5) is 23.1. The van der Waals surface area contributed by atoms with Gasteiger partial charge >= 0.3 is 0 Å². The van der Waals surface area contributed by atoms with E-state index in [-0.39, 0.29) is 17.0 Å². The number of rotatable bonds is 2. The molecule has 1 atom stereocenters. The standard InChI is InChI=1S/C14H10N2O3S/c17-13-11-8-10(16(18)19)6-7-12(11)20-14(15-13)9-4-2-1-3-5-9/h1-8,14H,(H,15,17). The van der Waals surface area contributed by atoms with Crippen molar-refractivity contribution in [1.29, 1.82) is 0 Å². The van der Waals surface area contributed by atoms with E-state index in [1.54, 1.807) is 6.07 Å². The summed E-state index contributed by atoms with van der Waals surface area (Å²) in [6, 6.07) is 14.0. The van der Waals surface area contributed by atoms with Crippen molar-refractivity contribution in [2.75, 3.05) is 0 Å². The van der Waals surface area contributed by atoms with E-state index in [0.717, 1.165) is 10.5 Å². The van der Waals surface area contributed by atoms with E-state index in [2.05, 4.69) is 5.32 Å².